The molecule has 0 aromatic heterocycles. The minimum absolute atomic E-state index is 0. The number of guanidine groups is 1. The second-order valence-corrected chi connectivity index (χ2v) is 7.92. The summed E-state index contributed by atoms with van der Waals surface area (Å²) in [6.07, 6.45) is 3.25. The lowest BCUT2D eigenvalue weighted by atomic mass is 9.96. The minimum atomic E-state index is 0. The fourth-order valence-corrected chi connectivity index (χ4v) is 3.38. The number of hydrogen-bond acceptors (Lipinski definition) is 2. The van der Waals surface area contributed by atoms with Gasteiger partial charge in [0.05, 0.1) is 0 Å². The first kappa shape index (κ1) is 24.2. The predicted octanol–water partition coefficient (Wildman–Crippen LogP) is 4.69. The summed E-state index contributed by atoms with van der Waals surface area (Å²) >= 11 is 0. The minimum Gasteiger partial charge on any atom is -0.356 e. The van der Waals surface area contributed by atoms with Crippen molar-refractivity contribution in [3.05, 3.63) is 65.7 Å². The number of carbonyl (C=O) groups excluding carboxylic acids is 1. The van der Waals surface area contributed by atoms with Gasteiger partial charge in [-0.05, 0) is 42.5 Å². The van der Waals surface area contributed by atoms with Gasteiger partial charge in [-0.1, -0.05) is 56.3 Å². The van der Waals surface area contributed by atoms with Crippen LogP contribution in [-0.2, 0) is 16.8 Å². The number of nitrogens with one attached hydrogen (secondary N) is 3. The number of hydrogen-bond donors (Lipinski definition) is 3. The van der Waals surface area contributed by atoms with Gasteiger partial charge in [0, 0.05) is 37.2 Å². The second-order valence-electron chi connectivity index (χ2n) is 7.92. The Bertz CT molecular complexity index is 849. The zero-order chi connectivity index (χ0) is 20.7. The fourth-order valence-electron chi connectivity index (χ4n) is 3.38. The lowest BCUT2D eigenvalue weighted by Gasteiger charge is -2.19. The summed E-state index contributed by atoms with van der Waals surface area (Å²) in [6.45, 7) is 5.48. The van der Waals surface area contributed by atoms with Gasteiger partial charge < -0.3 is 16.0 Å². The Morgan fingerprint density at radius 2 is 1.83 bits per heavy atom. The molecule has 1 unspecified atom stereocenters. The molecular formula is C24H33IN4O. The molecule has 1 aliphatic rings. The van der Waals surface area contributed by atoms with E-state index in [0.29, 0.717) is 6.54 Å². The Kier molecular flexibility index (Phi) is 9.14. The Morgan fingerprint density at radius 3 is 2.47 bits per heavy atom. The van der Waals surface area contributed by atoms with Gasteiger partial charge in [0.2, 0.25) is 5.91 Å². The SMILES string of the molecule is CCC(C)C(=O)Nc1cccc(CNC(=NC)NCC2(c3ccccc3)CC2)c1.I. The van der Waals surface area contributed by atoms with Crippen LogP contribution in [0.3, 0.4) is 0 Å². The molecule has 0 radical (unpaired) electrons. The third-order valence-electron chi connectivity index (χ3n) is 5.77. The number of aliphatic imine (C=N–C) groups is 1. The molecule has 1 amide bonds. The normalized spacial score (nSPS) is 15.5. The van der Waals surface area contributed by atoms with Crippen LogP contribution < -0.4 is 16.0 Å². The Labute approximate surface area is 197 Å². The number of anilines is 1. The van der Waals surface area contributed by atoms with Gasteiger partial charge in [0.25, 0.3) is 0 Å². The van der Waals surface area contributed by atoms with Crippen molar-refractivity contribution in [3.63, 3.8) is 0 Å². The first-order chi connectivity index (χ1) is 14.1. The van der Waals surface area contributed by atoms with Crippen molar-refractivity contribution in [3.8, 4) is 0 Å². The van der Waals surface area contributed by atoms with E-state index >= 15 is 0 Å². The molecule has 5 nitrogen and oxygen atoms in total. The van der Waals surface area contributed by atoms with Crippen molar-refractivity contribution in [1.29, 1.82) is 0 Å². The first-order valence-corrected chi connectivity index (χ1v) is 10.5. The number of amides is 1. The van der Waals surface area contributed by atoms with Crippen molar-refractivity contribution in [2.45, 2.75) is 45.1 Å². The molecular weight excluding hydrogens is 487 g/mol. The molecule has 0 aliphatic heterocycles. The van der Waals surface area contributed by atoms with Gasteiger partial charge >= 0.3 is 0 Å². The number of rotatable bonds is 8. The fraction of sp³-hybridized carbons (Fsp3) is 0.417. The molecule has 162 valence electrons. The maximum Gasteiger partial charge on any atom is 0.227 e. The molecule has 0 heterocycles. The molecule has 2 aromatic rings. The van der Waals surface area contributed by atoms with Crippen LogP contribution in [0.25, 0.3) is 0 Å². The molecule has 1 atom stereocenters. The number of carbonyl (C=O) groups is 1. The molecule has 6 heteroatoms. The molecule has 0 saturated heterocycles. The largest absolute Gasteiger partial charge is 0.356 e. The zero-order valence-corrected chi connectivity index (χ0v) is 20.4. The lowest BCUT2D eigenvalue weighted by Crippen LogP contribution is -2.40. The van der Waals surface area contributed by atoms with Crippen LogP contribution in [0, 0.1) is 5.92 Å². The molecule has 3 N–H and O–H groups in total. The standard InChI is InChI=1S/C24H32N4O.HI/c1-4-18(2)22(29)28-21-12-8-9-19(15-21)16-26-23(25-3)27-17-24(13-14-24)20-10-6-5-7-11-20;/h5-12,15,18H,4,13-14,16-17H2,1-3H3,(H,28,29)(H2,25,26,27);1H. The third kappa shape index (κ3) is 6.45. The highest BCUT2D eigenvalue weighted by Crippen LogP contribution is 2.47. The topological polar surface area (TPSA) is 65.5 Å². The first-order valence-electron chi connectivity index (χ1n) is 10.5. The van der Waals surface area contributed by atoms with E-state index in [0.717, 1.165) is 30.2 Å². The van der Waals surface area contributed by atoms with E-state index in [4.69, 9.17) is 0 Å². The zero-order valence-electron chi connectivity index (χ0n) is 18.1. The van der Waals surface area contributed by atoms with E-state index in [1.54, 1.807) is 7.05 Å². The molecule has 2 aromatic carbocycles. The van der Waals surface area contributed by atoms with Gasteiger partial charge in [-0.2, -0.15) is 0 Å². The van der Waals surface area contributed by atoms with Crippen LogP contribution in [0.15, 0.2) is 59.6 Å². The molecule has 0 bridgehead atoms. The van der Waals surface area contributed by atoms with Gasteiger partial charge in [-0.3, -0.25) is 9.79 Å². The van der Waals surface area contributed by atoms with Crippen molar-refractivity contribution in [2.75, 3.05) is 18.9 Å². The molecule has 1 aliphatic carbocycles. The number of halogens is 1. The average Bonchev–Trinajstić information content (AvgIpc) is 3.55. The van der Waals surface area contributed by atoms with Crippen LogP contribution in [-0.4, -0.2) is 25.5 Å². The molecule has 0 spiro atoms. The van der Waals surface area contributed by atoms with E-state index in [1.165, 1.54) is 18.4 Å². The average molecular weight is 520 g/mol. The van der Waals surface area contributed by atoms with Crippen molar-refractivity contribution in [2.24, 2.45) is 10.9 Å². The number of benzene rings is 2. The summed E-state index contributed by atoms with van der Waals surface area (Å²) < 4.78 is 0. The molecule has 1 saturated carbocycles. The Morgan fingerprint density at radius 1 is 1.10 bits per heavy atom. The van der Waals surface area contributed by atoms with Crippen molar-refractivity contribution < 1.29 is 4.79 Å². The highest BCUT2D eigenvalue weighted by atomic mass is 127. The summed E-state index contributed by atoms with van der Waals surface area (Å²) in [4.78, 5) is 16.5. The quantitative estimate of drug-likeness (QED) is 0.269. The highest BCUT2D eigenvalue weighted by molar-refractivity contribution is 14.0. The van der Waals surface area contributed by atoms with E-state index < -0.39 is 0 Å². The molecule has 3 rings (SSSR count). The summed E-state index contributed by atoms with van der Waals surface area (Å²) in [6, 6.07) is 18.6. The maximum absolute atomic E-state index is 12.1. The summed E-state index contributed by atoms with van der Waals surface area (Å²) in [5.41, 5.74) is 3.56. The number of nitrogens with zero attached hydrogens (tertiary/aromatic N) is 1. The Hall–Kier alpha value is -2.09. The summed E-state index contributed by atoms with van der Waals surface area (Å²) in [7, 11) is 1.79. The van der Waals surface area contributed by atoms with E-state index in [9.17, 15) is 4.79 Å². The monoisotopic (exact) mass is 520 g/mol. The lowest BCUT2D eigenvalue weighted by molar-refractivity contribution is -0.119. The smallest absolute Gasteiger partial charge is 0.227 e. The van der Waals surface area contributed by atoms with Crippen molar-refractivity contribution in [1.82, 2.24) is 10.6 Å². The maximum atomic E-state index is 12.1. The van der Waals surface area contributed by atoms with Crippen LogP contribution in [0.4, 0.5) is 5.69 Å². The second kappa shape index (κ2) is 11.3. The van der Waals surface area contributed by atoms with Gasteiger partial charge in [0.15, 0.2) is 5.96 Å². The van der Waals surface area contributed by atoms with Gasteiger partial charge in [-0.15, -0.1) is 24.0 Å². The van der Waals surface area contributed by atoms with Crippen LogP contribution in [0.1, 0.15) is 44.2 Å². The predicted molar refractivity (Wildman–Crippen MR) is 135 cm³/mol. The highest BCUT2D eigenvalue weighted by Gasteiger charge is 2.43. The van der Waals surface area contributed by atoms with E-state index in [1.807, 2.05) is 38.1 Å². The van der Waals surface area contributed by atoms with Crippen molar-refractivity contribution >= 4 is 41.5 Å². The van der Waals surface area contributed by atoms with Crippen LogP contribution >= 0.6 is 24.0 Å². The van der Waals surface area contributed by atoms with Crippen LogP contribution in [0.2, 0.25) is 0 Å². The Balaban J connectivity index is 0.00000320. The van der Waals surface area contributed by atoms with E-state index in [2.05, 4.69) is 51.3 Å². The summed E-state index contributed by atoms with van der Waals surface area (Å²) in [5, 5.41) is 9.85. The molecule has 30 heavy (non-hydrogen) atoms. The summed E-state index contributed by atoms with van der Waals surface area (Å²) in [5.74, 6) is 0.867. The molecule has 1 fully saturated rings. The van der Waals surface area contributed by atoms with Gasteiger partial charge in [0.1, 0.15) is 0 Å². The third-order valence-corrected chi connectivity index (χ3v) is 5.77. The van der Waals surface area contributed by atoms with E-state index in [-0.39, 0.29) is 41.2 Å². The van der Waals surface area contributed by atoms with Crippen LogP contribution in [0.5, 0.6) is 0 Å². The van der Waals surface area contributed by atoms with Gasteiger partial charge in [-0.25, -0.2) is 0 Å².